The zero-order chi connectivity index (χ0) is 18.7. The number of hydrogen-bond acceptors (Lipinski definition) is 6. The Kier molecular flexibility index (Phi) is 5.19. The van der Waals surface area contributed by atoms with Crippen molar-refractivity contribution in [3.8, 4) is 11.8 Å². The monoisotopic (exact) mass is 371 g/mol. The van der Waals surface area contributed by atoms with Crippen molar-refractivity contribution >= 4 is 27.9 Å². The average molecular weight is 371 g/mol. The lowest BCUT2D eigenvalue weighted by Crippen LogP contribution is -2.20. The molecule has 1 unspecified atom stereocenters. The van der Waals surface area contributed by atoms with Gasteiger partial charge in [0.25, 0.3) is 5.91 Å². The summed E-state index contributed by atoms with van der Waals surface area (Å²) < 4.78 is 5.29. The van der Waals surface area contributed by atoms with E-state index < -0.39 is 10.8 Å². The minimum atomic E-state index is -0.560. The van der Waals surface area contributed by atoms with E-state index in [1.807, 2.05) is 0 Å². The Morgan fingerprint density at radius 1 is 1.50 bits per heavy atom. The number of ether oxygens (including phenoxy) is 1. The quantitative estimate of drug-likeness (QED) is 0.638. The minimum Gasteiger partial charge on any atom is -0.477 e. The van der Waals surface area contributed by atoms with E-state index in [1.54, 1.807) is 6.07 Å². The van der Waals surface area contributed by atoms with E-state index in [-0.39, 0.29) is 18.0 Å². The van der Waals surface area contributed by atoms with Gasteiger partial charge in [-0.05, 0) is 36.8 Å². The fourth-order valence-electron chi connectivity index (χ4n) is 2.99. The summed E-state index contributed by atoms with van der Waals surface area (Å²) in [6.07, 6.45) is 2.79. The molecule has 1 heterocycles. The van der Waals surface area contributed by atoms with Crippen LogP contribution in [0.25, 0.3) is 0 Å². The second kappa shape index (κ2) is 7.54. The number of nitrogens with one attached hydrogen (secondary N) is 1. The first kappa shape index (κ1) is 17.9. The molecule has 1 aromatic carbocycles. The van der Waals surface area contributed by atoms with Crippen molar-refractivity contribution in [1.82, 2.24) is 0 Å². The Balaban J connectivity index is 1.70. The Labute approximate surface area is 154 Å². The molecule has 1 aromatic heterocycles. The molecule has 0 radical (unpaired) electrons. The van der Waals surface area contributed by atoms with Crippen molar-refractivity contribution in [2.75, 3.05) is 11.9 Å². The number of nitrogens with zero attached hydrogens (tertiary/aromatic N) is 2. The van der Waals surface area contributed by atoms with Gasteiger partial charge in [-0.2, -0.15) is 5.26 Å². The van der Waals surface area contributed by atoms with E-state index >= 15 is 0 Å². The van der Waals surface area contributed by atoms with Gasteiger partial charge in [0.1, 0.15) is 11.1 Å². The smallest absolute Gasteiger partial charge is 0.310 e. The standard InChI is InChI=1S/C18H17N3O4S/c1-11-6-7-12-13(9-19)18(26-16(12)8-11)20-17(22)10-25-15-5-3-2-4-14(15)21(23)24/h2-5,11H,6-8,10H2,1H3,(H,20,22). The van der Waals surface area contributed by atoms with Gasteiger partial charge in [0, 0.05) is 10.9 Å². The maximum Gasteiger partial charge on any atom is 0.310 e. The largest absolute Gasteiger partial charge is 0.477 e. The predicted molar refractivity (Wildman–Crippen MR) is 97.4 cm³/mol. The molecular formula is C18H17N3O4S. The number of benzene rings is 1. The molecule has 0 saturated heterocycles. The van der Waals surface area contributed by atoms with Crippen molar-refractivity contribution in [3.05, 3.63) is 50.4 Å². The molecule has 0 bridgehead atoms. The molecule has 134 valence electrons. The van der Waals surface area contributed by atoms with Crippen molar-refractivity contribution in [2.45, 2.75) is 26.2 Å². The topological polar surface area (TPSA) is 105 Å². The van der Waals surface area contributed by atoms with E-state index in [0.29, 0.717) is 16.5 Å². The lowest BCUT2D eigenvalue weighted by Gasteiger charge is -2.17. The van der Waals surface area contributed by atoms with Gasteiger partial charge in [-0.25, -0.2) is 0 Å². The van der Waals surface area contributed by atoms with E-state index in [0.717, 1.165) is 29.7 Å². The van der Waals surface area contributed by atoms with Gasteiger partial charge < -0.3 is 10.1 Å². The normalized spacial score (nSPS) is 15.6. The van der Waals surface area contributed by atoms with E-state index in [4.69, 9.17) is 4.74 Å². The number of nitro groups is 1. The SMILES string of the molecule is CC1CCc2c(sc(NC(=O)COc3ccccc3[N+](=O)[O-])c2C#N)C1. The highest BCUT2D eigenvalue weighted by Gasteiger charge is 2.25. The summed E-state index contributed by atoms with van der Waals surface area (Å²) in [4.78, 5) is 23.8. The highest BCUT2D eigenvalue weighted by atomic mass is 32.1. The van der Waals surface area contributed by atoms with Gasteiger partial charge in [0.05, 0.1) is 10.5 Å². The summed E-state index contributed by atoms with van der Waals surface area (Å²) >= 11 is 1.43. The van der Waals surface area contributed by atoms with Gasteiger partial charge in [0.15, 0.2) is 12.4 Å². The molecule has 0 aliphatic heterocycles. The number of nitro benzene ring substituents is 1. The highest BCUT2D eigenvalue weighted by molar-refractivity contribution is 7.16. The number of hydrogen-bond donors (Lipinski definition) is 1. The second-order valence-corrected chi connectivity index (χ2v) is 7.33. The average Bonchev–Trinajstić information content (AvgIpc) is 2.95. The van der Waals surface area contributed by atoms with Crippen molar-refractivity contribution in [1.29, 1.82) is 5.26 Å². The fourth-order valence-corrected chi connectivity index (χ4v) is 4.37. The molecule has 7 nitrogen and oxygen atoms in total. The van der Waals surface area contributed by atoms with Crippen LogP contribution in [-0.2, 0) is 17.6 Å². The Morgan fingerprint density at radius 3 is 3.00 bits per heavy atom. The lowest BCUT2D eigenvalue weighted by atomic mass is 9.89. The van der Waals surface area contributed by atoms with Crippen molar-refractivity contribution in [2.24, 2.45) is 5.92 Å². The molecule has 1 N–H and O–H groups in total. The Bertz CT molecular complexity index is 900. The number of thiophene rings is 1. The third kappa shape index (κ3) is 3.68. The van der Waals surface area contributed by atoms with Crippen LogP contribution in [0.1, 0.15) is 29.3 Å². The molecule has 1 aliphatic carbocycles. The van der Waals surface area contributed by atoms with Crippen LogP contribution in [0.5, 0.6) is 5.75 Å². The summed E-state index contributed by atoms with van der Waals surface area (Å²) in [6, 6.07) is 8.07. The number of para-hydroxylation sites is 2. The van der Waals surface area contributed by atoms with Crippen molar-refractivity contribution in [3.63, 3.8) is 0 Å². The molecule has 1 atom stereocenters. The van der Waals surface area contributed by atoms with E-state index in [2.05, 4.69) is 18.3 Å². The number of anilines is 1. The van der Waals surface area contributed by atoms with E-state index in [9.17, 15) is 20.2 Å². The number of rotatable bonds is 5. The van der Waals surface area contributed by atoms with Crippen LogP contribution in [0.4, 0.5) is 10.7 Å². The maximum atomic E-state index is 12.2. The zero-order valence-corrected chi connectivity index (χ0v) is 15.0. The fraction of sp³-hybridized carbons (Fsp3) is 0.333. The Morgan fingerprint density at radius 2 is 2.27 bits per heavy atom. The van der Waals surface area contributed by atoms with Crippen LogP contribution in [0, 0.1) is 27.4 Å². The minimum absolute atomic E-state index is 0.0347. The first-order valence-electron chi connectivity index (χ1n) is 8.20. The van der Waals surface area contributed by atoms with Gasteiger partial charge in [-0.3, -0.25) is 14.9 Å². The molecule has 0 saturated carbocycles. The summed E-state index contributed by atoms with van der Waals surface area (Å²) in [6.45, 7) is 1.81. The third-order valence-electron chi connectivity index (χ3n) is 4.30. The van der Waals surface area contributed by atoms with Crippen molar-refractivity contribution < 1.29 is 14.5 Å². The number of amides is 1. The molecule has 1 amide bonds. The van der Waals surface area contributed by atoms with Gasteiger partial charge >= 0.3 is 5.69 Å². The molecule has 26 heavy (non-hydrogen) atoms. The molecule has 8 heteroatoms. The molecule has 0 fully saturated rings. The number of carbonyl (C=O) groups is 1. The zero-order valence-electron chi connectivity index (χ0n) is 14.2. The summed E-state index contributed by atoms with van der Waals surface area (Å²) in [5.74, 6) is 0.150. The van der Waals surface area contributed by atoms with E-state index in [1.165, 1.54) is 29.5 Å². The molecule has 1 aliphatic rings. The summed E-state index contributed by atoms with van der Waals surface area (Å²) in [5.41, 5.74) is 1.36. The van der Waals surface area contributed by atoms with Crippen LogP contribution < -0.4 is 10.1 Å². The summed E-state index contributed by atoms with van der Waals surface area (Å²) in [5, 5.41) is 23.7. The number of nitriles is 1. The lowest BCUT2D eigenvalue weighted by molar-refractivity contribution is -0.385. The Hall–Kier alpha value is -2.92. The van der Waals surface area contributed by atoms with Gasteiger partial charge in [0.2, 0.25) is 0 Å². The van der Waals surface area contributed by atoms with Gasteiger partial charge in [-0.1, -0.05) is 19.1 Å². The molecule has 3 rings (SSSR count). The summed E-state index contributed by atoms with van der Waals surface area (Å²) in [7, 11) is 0. The van der Waals surface area contributed by atoms with Crippen LogP contribution in [-0.4, -0.2) is 17.4 Å². The highest BCUT2D eigenvalue weighted by Crippen LogP contribution is 2.39. The second-order valence-electron chi connectivity index (χ2n) is 6.23. The van der Waals surface area contributed by atoms with Crippen LogP contribution in [0.2, 0.25) is 0 Å². The van der Waals surface area contributed by atoms with Crippen LogP contribution in [0.15, 0.2) is 24.3 Å². The number of carbonyl (C=O) groups excluding carboxylic acids is 1. The number of fused-ring (bicyclic) bond motifs is 1. The first-order chi connectivity index (χ1) is 12.5. The van der Waals surface area contributed by atoms with Crippen LogP contribution >= 0.6 is 11.3 Å². The predicted octanol–water partition coefficient (Wildman–Crippen LogP) is 3.67. The third-order valence-corrected chi connectivity index (χ3v) is 5.47. The molecule has 0 spiro atoms. The first-order valence-corrected chi connectivity index (χ1v) is 9.02. The van der Waals surface area contributed by atoms with Crippen LogP contribution in [0.3, 0.4) is 0 Å². The molecule has 2 aromatic rings. The molecular weight excluding hydrogens is 354 g/mol. The maximum absolute atomic E-state index is 12.2. The van der Waals surface area contributed by atoms with Gasteiger partial charge in [-0.15, -0.1) is 11.3 Å².